The average molecular weight is 268 g/mol. The number of hydrogen-bond donors (Lipinski definition) is 2. The lowest BCUT2D eigenvalue weighted by atomic mass is 9.87. The first kappa shape index (κ1) is 16.0. The van der Waals surface area contributed by atoms with Gasteiger partial charge in [-0.25, -0.2) is 0 Å². The Labute approximate surface area is 116 Å². The molecule has 1 rings (SSSR count). The van der Waals surface area contributed by atoms with Gasteiger partial charge in [0, 0.05) is 13.1 Å². The van der Waals surface area contributed by atoms with Crippen LogP contribution in [0.15, 0.2) is 0 Å². The molecule has 0 aromatic carbocycles. The minimum Gasteiger partial charge on any atom is -0.348 e. The molecule has 0 aliphatic heterocycles. The van der Waals surface area contributed by atoms with E-state index in [0.29, 0.717) is 13.1 Å². The Morgan fingerprint density at radius 3 is 2.21 bits per heavy atom. The van der Waals surface area contributed by atoms with Crippen LogP contribution in [-0.2, 0) is 9.59 Å². The van der Waals surface area contributed by atoms with Gasteiger partial charge in [-0.05, 0) is 18.8 Å². The molecule has 0 saturated heterocycles. The molecular weight excluding hydrogens is 240 g/mol. The van der Waals surface area contributed by atoms with Crippen molar-refractivity contribution in [3.63, 3.8) is 0 Å². The Balaban J connectivity index is 2.04. The largest absolute Gasteiger partial charge is 0.348 e. The maximum atomic E-state index is 11.5. The molecule has 0 spiro atoms. The van der Waals surface area contributed by atoms with Gasteiger partial charge in [0.25, 0.3) is 0 Å². The van der Waals surface area contributed by atoms with Gasteiger partial charge in [-0.2, -0.15) is 0 Å². The van der Waals surface area contributed by atoms with Gasteiger partial charge in [-0.15, -0.1) is 0 Å². The van der Waals surface area contributed by atoms with Crippen molar-refractivity contribution >= 4 is 11.8 Å². The standard InChI is InChI=1S/C15H28N2O2/c1-2-3-7-11-16-14(18)15(19)17-12-10-13-8-5-4-6-9-13/h13H,2-12H2,1H3,(H,16,18)(H,17,19). The molecule has 0 radical (unpaired) electrons. The summed E-state index contributed by atoms with van der Waals surface area (Å²) in [5.74, 6) is -0.228. The van der Waals surface area contributed by atoms with Gasteiger partial charge < -0.3 is 10.6 Å². The monoisotopic (exact) mass is 268 g/mol. The van der Waals surface area contributed by atoms with E-state index in [1.54, 1.807) is 0 Å². The summed E-state index contributed by atoms with van der Waals surface area (Å²) in [6, 6.07) is 0. The van der Waals surface area contributed by atoms with Crippen LogP contribution in [0.2, 0.25) is 0 Å². The Morgan fingerprint density at radius 2 is 1.58 bits per heavy atom. The summed E-state index contributed by atoms with van der Waals surface area (Å²) in [4.78, 5) is 23.0. The van der Waals surface area contributed by atoms with E-state index < -0.39 is 11.8 Å². The normalized spacial score (nSPS) is 16.1. The lowest BCUT2D eigenvalue weighted by Crippen LogP contribution is -2.40. The van der Waals surface area contributed by atoms with Crippen molar-refractivity contribution < 1.29 is 9.59 Å². The zero-order valence-electron chi connectivity index (χ0n) is 12.2. The molecule has 2 N–H and O–H groups in total. The molecule has 4 heteroatoms. The molecule has 0 aromatic heterocycles. The van der Waals surface area contributed by atoms with Crippen molar-refractivity contribution in [2.24, 2.45) is 5.92 Å². The number of nitrogens with one attached hydrogen (secondary N) is 2. The number of rotatable bonds is 7. The van der Waals surface area contributed by atoms with Crippen LogP contribution in [0.25, 0.3) is 0 Å². The van der Waals surface area contributed by atoms with Gasteiger partial charge >= 0.3 is 11.8 Å². The third-order valence-electron chi connectivity index (χ3n) is 3.84. The van der Waals surface area contributed by atoms with Crippen LogP contribution in [0.4, 0.5) is 0 Å². The van der Waals surface area contributed by atoms with Crippen molar-refractivity contribution in [3.05, 3.63) is 0 Å². The van der Waals surface area contributed by atoms with E-state index in [4.69, 9.17) is 0 Å². The van der Waals surface area contributed by atoms with Crippen molar-refractivity contribution in [1.82, 2.24) is 10.6 Å². The molecule has 4 nitrogen and oxygen atoms in total. The van der Waals surface area contributed by atoms with Gasteiger partial charge in [0.1, 0.15) is 0 Å². The molecule has 1 aliphatic rings. The predicted octanol–water partition coefficient (Wildman–Crippen LogP) is 2.38. The van der Waals surface area contributed by atoms with Gasteiger partial charge in [0.05, 0.1) is 0 Å². The first-order chi connectivity index (χ1) is 9.24. The van der Waals surface area contributed by atoms with Crippen LogP contribution < -0.4 is 10.6 Å². The lowest BCUT2D eigenvalue weighted by molar-refractivity contribution is -0.139. The maximum Gasteiger partial charge on any atom is 0.309 e. The average Bonchev–Trinajstić information content (AvgIpc) is 2.44. The predicted molar refractivity (Wildman–Crippen MR) is 76.7 cm³/mol. The molecule has 19 heavy (non-hydrogen) atoms. The summed E-state index contributed by atoms with van der Waals surface area (Å²) >= 11 is 0. The molecule has 2 amide bonds. The summed E-state index contributed by atoms with van der Waals surface area (Å²) in [5.41, 5.74) is 0. The number of unbranched alkanes of at least 4 members (excludes halogenated alkanes) is 2. The number of amides is 2. The smallest absolute Gasteiger partial charge is 0.309 e. The Bertz CT molecular complexity index is 273. The van der Waals surface area contributed by atoms with E-state index in [0.717, 1.165) is 31.6 Å². The Hall–Kier alpha value is -1.06. The van der Waals surface area contributed by atoms with Crippen molar-refractivity contribution in [2.45, 2.75) is 64.7 Å². The van der Waals surface area contributed by atoms with Gasteiger partial charge in [0.2, 0.25) is 0 Å². The number of hydrogen-bond acceptors (Lipinski definition) is 2. The Morgan fingerprint density at radius 1 is 0.947 bits per heavy atom. The third kappa shape index (κ3) is 7.19. The van der Waals surface area contributed by atoms with E-state index >= 15 is 0 Å². The highest BCUT2D eigenvalue weighted by Crippen LogP contribution is 2.25. The topological polar surface area (TPSA) is 58.2 Å². The van der Waals surface area contributed by atoms with Gasteiger partial charge in [-0.1, -0.05) is 51.9 Å². The fraction of sp³-hybridized carbons (Fsp3) is 0.867. The Kier molecular flexibility index (Phi) is 8.26. The molecule has 0 heterocycles. The quantitative estimate of drug-likeness (QED) is 0.550. The van der Waals surface area contributed by atoms with E-state index in [-0.39, 0.29) is 0 Å². The third-order valence-corrected chi connectivity index (χ3v) is 3.84. The first-order valence-electron chi connectivity index (χ1n) is 7.80. The summed E-state index contributed by atoms with van der Waals surface area (Å²) in [6.07, 6.45) is 10.7. The van der Waals surface area contributed by atoms with Crippen LogP contribution in [-0.4, -0.2) is 24.9 Å². The zero-order valence-corrected chi connectivity index (χ0v) is 12.2. The molecule has 110 valence electrons. The van der Waals surface area contributed by atoms with Crippen LogP contribution in [0.1, 0.15) is 64.7 Å². The summed E-state index contributed by atoms with van der Waals surface area (Å²) in [5, 5.41) is 5.37. The summed E-state index contributed by atoms with van der Waals surface area (Å²) in [7, 11) is 0. The molecule has 1 fully saturated rings. The van der Waals surface area contributed by atoms with E-state index in [1.807, 2.05) is 0 Å². The van der Waals surface area contributed by atoms with Crippen molar-refractivity contribution in [2.75, 3.05) is 13.1 Å². The second-order valence-corrected chi connectivity index (χ2v) is 5.51. The highest BCUT2D eigenvalue weighted by Gasteiger charge is 2.15. The van der Waals surface area contributed by atoms with E-state index in [9.17, 15) is 9.59 Å². The summed E-state index contributed by atoms with van der Waals surface area (Å²) < 4.78 is 0. The first-order valence-corrected chi connectivity index (χ1v) is 7.80. The van der Waals surface area contributed by atoms with E-state index in [1.165, 1.54) is 32.1 Å². The van der Waals surface area contributed by atoms with Crippen molar-refractivity contribution in [1.29, 1.82) is 0 Å². The molecule has 1 saturated carbocycles. The minimum atomic E-state index is -0.486. The SMILES string of the molecule is CCCCCNC(=O)C(=O)NCCC1CCCCC1. The highest BCUT2D eigenvalue weighted by molar-refractivity contribution is 6.35. The molecular formula is C15H28N2O2. The van der Waals surface area contributed by atoms with Crippen LogP contribution in [0.5, 0.6) is 0 Å². The van der Waals surface area contributed by atoms with Gasteiger partial charge in [0.15, 0.2) is 0 Å². The second kappa shape index (κ2) is 9.82. The second-order valence-electron chi connectivity index (χ2n) is 5.51. The summed E-state index contributed by atoms with van der Waals surface area (Å²) in [6.45, 7) is 3.34. The maximum absolute atomic E-state index is 11.5. The molecule has 0 unspecified atom stereocenters. The van der Waals surface area contributed by atoms with Crippen LogP contribution in [0, 0.1) is 5.92 Å². The fourth-order valence-electron chi connectivity index (χ4n) is 2.60. The molecule has 0 bridgehead atoms. The van der Waals surface area contributed by atoms with Gasteiger partial charge in [-0.3, -0.25) is 9.59 Å². The van der Waals surface area contributed by atoms with Crippen LogP contribution in [0.3, 0.4) is 0 Å². The lowest BCUT2D eigenvalue weighted by Gasteiger charge is -2.21. The molecule has 0 aromatic rings. The number of carbonyl (C=O) groups is 2. The number of carbonyl (C=O) groups excluding carboxylic acids is 2. The van der Waals surface area contributed by atoms with Crippen LogP contribution >= 0.6 is 0 Å². The van der Waals surface area contributed by atoms with E-state index in [2.05, 4.69) is 17.6 Å². The highest BCUT2D eigenvalue weighted by atomic mass is 16.2. The fourth-order valence-corrected chi connectivity index (χ4v) is 2.60. The van der Waals surface area contributed by atoms with Crippen molar-refractivity contribution in [3.8, 4) is 0 Å². The molecule has 0 atom stereocenters. The minimum absolute atomic E-state index is 0.479. The zero-order chi connectivity index (χ0) is 13.9. The molecule has 1 aliphatic carbocycles.